The topological polar surface area (TPSA) is 140 Å². The summed E-state index contributed by atoms with van der Waals surface area (Å²) in [5.74, 6) is 0.427. The van der Waals surface area contributed by atoms with Crippen LogP contribution in [-0.2, 0) is 4.79 Å². The monoisotopic (exact) mass is 487 g/mol. The standard InChI is InChI=1S/C26H29N7O3/c1-14-10-11-17(12-15(14)2)22-24(35)21(26(36)33(22)3)28-27-20-9-5-8-19(23(20)34)16-6-4-7-18(13-16)25-29-31-32-30-25/h5,8-12,16,18,22,34-35H,4,6-7,13H2,1-3H3,(H,29,30,31,32). The van der Waals surface area contributed by atoms with E-state index < -0.39 is 11.9 Å². The van der Waals surface area contributed by atoms with E-state index in [0.29, 0.717) is 5.82 Å². The van der Waals surface area contributed by atoms with Gasteiger partial charge in [0.15, 0.2) is 17.3 Å². The molecule has 3 aromatic rings. The summed E-state index contributed by atoms with van der Waals surface area (Å²) in [4.78, 5) is 14.3. The van der Waals surface area contributed by atoms with Crippen LogP contribution in [-0.4, -0.2) is 48.7 Å². The number of carbonyl (C=O) groups is 1. The van der Waals surface area contributed by atoms with Crippen molar-refractivity contribution in [2.24, 2.45) is 10.2 Å². The fourth-order valence-corrected chi connectivity index (χ4v) is 5.23. The molecule has 1 aliphatic heterocycles. The number of hydrogen-bond acceptors (Lipinski definition) is 8. The molecule has 186 valence electrons. The van der Waals surface area contributed by atoms with Crippen molar-refractivity contribution in [1.82, 2.24) is 25.5 Å². The third-order valence-corrected chi connectivity index (χ3v) is 7.40. The van der Waals surface area contributed by atoms with Crippen molar-refractivity contribution in [2.45, 2.75) is 57.4 Å². The van der Waals surface area contributed by atoms with Crippen LogP contribution in [0.2, 0.25) is 0 Å². The van der Waals surface area contributed by atoms with Crippen LogP contribution < -0.4 is 0 Å². The van der Waals surface area contributed by atoms with Gasteiger partial charge in [0.2, 0.25) is 0 Å². The van der Waals surface area contributed by atoms with E-state index >= 15 is 0 Å². The number of carbonyl (C=O) groups excluding carboxylic acids is 1. The number of aliphatic hydroxyl groups is 1. The number of amides is 1. The number of likely N-dealkylation sites (N-methyl/N-ethyl adjacent to an activating group) is 1. The van der Waals surface area contributed by atoms with Gasteiger partial charge in [0.1, 0.15) is 17.5 Å². The smallest absolute Gasteiger partial charge is 0.278 e. The van der Waals surface area contributed by atoms with Gasteiger partial charge >= 0.3 is 0 Å². The summed E-state index contributed by atoms with van der Waals surface area (Å²) in [5.41, 5.74) is 3.91. The highest BCUT2D eigenvalue weighted by Crippen LogP contribution is 2.45. The Morgan fingerprint density at radius 2 is 1.86 bits per heavy atom. The molecular weight excluding hydrogens is 458 g/mol. The van der Waals surface area contributed by atoms with Crippen LogP contribution in [0.25, 0.3) is 0 Å². The average molecular weight is 488 g/mol. The van der Waals surface area contributed by atoms with E-state index in [4.69, 9.17) is 0 Å². The van der Waals surface area contributed by atoms with Crippen molar-refractivity contribution in [3.8, 4) is 5.75 Å². The summed E-state index contributed by atoms with van der Waals surface area (Å²) >= 11 is 0. The summed E-state index contributed by atoms with van der Waals surface area (Å²) in [6, 6.07) is 10.5. The number of aromatic hydroxyl groups is 1. The van der Waals surface area contributed by atoms with E-state index in [9.17, 15) is 15.0 Å². The number of benzene rings is 2. The lowest BCUT2D eigenvalue weighted by Crippen LogP contribution is -2.25. The number of nitrogens with one attached hydrogen (secondary N) is 1. The van der Waals surface area contributed by atoms with Crippen LogP contribution in [0.3, 0.4) is 0 Å². The molecule has 3 N–H and O–H groups in total. The number of azo groups is 1. The molecule has 0 spiro atoms. The van der Waals surface area contributed by atoms with Gasteiger partial charge in [-0.15, -0.1) is 20.4 Å². The van der Waals surface area contributed by atoms with Gasteiger partial charge < -0.3 is 15.1 Å². The molecule has 1 saturated carbocycles. The number of phenolic OH excluding ortho intramolecular Hbond substituents is 1. The minimum atomic E-state index is -0.630. The number of para-hydroxylation sites is 1. The second kappa shape index (κ2) is 9.52. The molecule has 3 atom stereocenters. The number of aryl methyl sites for hydroxylation is 2. The Kier molecular flexibility index (Phi) is 6.26. The lowest BCUT2D eigenvalue weighted by Gasteiger charge is -2.28. The Balaban J connectivity index is 1.41. The van der Waals surface area contributed by atoms with Crippen molar-refractivity contribution in [3.63, 3.8) is 0 Å². The van der Waals surface area contributed by atoms with Gasteiger partial charge in [-0.05, 0) is 67.3 Å². The van der Waals surface area contributed by atoms with Gasteiger partial charge in [-0.2, -0.15) is 5.21 Å². The molecule has 0 saturated heterocycles. The SMILES string of the molecule is Cc1ccc(C2C(O)=C(N=Nc3cccc(C4CCCC(c5nn[nH]n5)C4)c3O)C(=O)N2C)cc1C. The Hall–Kier alpha value is -4.08. The molecule has 0 radical (unpaired) electrons. The molecule has 5 rings (SSSR count). The van der Waals surface area contributed by atoms with Crippen LogP contribution in [0.4, 0.5) is 5.69 Å². The second-order valence-electron chi connectivity index (χ2n) is 9.64. The normalized spacial score (nSPS) is 22.7. The highest BCUT2D eigenvalue weighted by molar-refractivity contribution is 5.96. The number of aliphatic hydroxyl groups excluding tert-OH is 1. The Bertz CT molecular complexity index is 1350. The highest BCUT2D eigenvalue weighted by Gasteiger charge is 2.39. The Morgan fingerprint density at radius 3 is 2.61 bits per heavy atom. The highest BCUT2D eigenvalue weighted by atomic mass is 16.3. The predicted octanol–water partition coefficient (Wildman–Crippen LogP) is 5.03. The molecule has 2 aliphatic rings. The van der Waals surface area contributed by atoms with Gasteiger partial charge in [-0.25, -0.2) is 0 Å². The number of nitrogens with zero attached hydrogens (tertiary/aromatic N) is 6. The van der Waals surface area contributed by atoms with E-state index in [1.54, 1.807) is 13.1 Å². The Labute approximate surface area is 208 Å². The van der Waals surface area contributed by atoms with Crippen LogP contribution in [0.1, 0.15) is 71.6 Å². The summed E-state index contributed by atoms with van der Waals surface area (Å²) in [5, 5.41) is 44.7. The summed E-state index contributed by atoms with van der Waals surface area (Å²) < 4.78 is 0. The quantitative estimate of drug-likeness (QED) is 0.431. The number of rotatable bonds is 5. The van der Waals surface area contributed by atoms with E-state index in [2.05, 4.69) is 30.9 Å². The molecule has 1 fully saturated rings. The van der Waals surface area contributed by atoms with Crippen molar-refractivity contribution < 1.29 is 15.0 Å². The van der Waals surface area contributed by atoms with Crippen molar-refractivity contribution in [3.05, 3.63) is 75.9 Å². The molecule has 0 bridgehead atoms. The molecule has 1 amide bonds. The first-order chi connectivity index (χ1) is 17.3. The van der Waals surface area contributed by atoms with Crippen molar-refractivity contribution in [2.75, 3.05) is 7.05 Å². The average Bonchev–Trinajstić information content (AvgIpc) is 3.48. The molecule has 10 heteroatoms. The van der Waals surface area contributed by atoms with Crippen LogP contribution in [0.5, 0.6) is 5.75 Å². The molecular formula is C26H29N7O3. The maximum atomic E-state index is 12.9. The summed E-state index contributed by atoms with van der Waals surface area (Å²) in [7, 11) is 1.63. The number of H-pyrrole nitrogens is 1. The molecule has 1 aliphatic carbocycles. The number of phenols is 1. The molecule has 2 heterocycles. The number of aromatic amines is 1. The van der Waals surface area contributed by atoms with Gasteiger partial charge in [-0.3, -0.25) is 4.79 Å². The zero-order chi connectivity index (χ0) is 25.4. The minimum absolute atomic E-state index is 0.0320. The molecule has 10 nitrogen and oxygen atoms in total. The summed E-state index contributed by atoms with van der Waals surface area (Å²) in [6.45, 7) is 4.00. The van der Waals surface area contributed by atoms with Gasteiger partial charge in [0.25, 0.3) is 5.91 Å². The van der Waals surface area contributed by atoms with E-state index in [-0.39, 0.29) is 34.7 Å². The maximum absolute atomic E-state index is 12.9. The molecule has 36 heavy (non-hydrogen) atoms. The van der Waals surface area contributed by atoms with Crippen molar-refractivity contribution in [1.29, 1.82) is 0 Å². The first kappa shape index (κ1) is 23.7. The first-order valence-corrected chi connectivity index (χ1v) is 12.1. The molecule has 1 aromatic heterocycles. The lowest BCUT2D eigenvalue weighted by molar-refractivity contribution is -0.125. The zero-order valence-electron chi connectivity index (χ0n) is 20.5. The van der Waals surface area contributed by atoms with E-state index in [1.165, 1.54) is 4.90 Å². The number of aromatic nitrogens is 4. The lowest BCUT2D eigenvalue weighted by atomic mass is 9.77. The summed E-state index contributed by atoms with van der Waals surface area (Å²) in [6.07, 6.45) is 3.67. The van der Waals surface area contributed by atoms with E-state index in [0.717, 1.165) is 47.9 Å². The third-order valence-electron chi connectivity index (χ3n) is 7.40. The maximum Gasteiger partial charge on any atom is 0.278 e. The van der Waals surface area contributed by atoms with Crippen molar-refractivity contribution >= 4 is 11.6 Å². The van der Waals surface area contributed by atoms with Gasteiger partial charge in [-0.1, -0.05) is 42.0 Å². The van der Waals surface area contributed by atoms with Crippen LogP contribution in [0, 0.1) is 13.8 Å². The molecule has 3 unspecified atom stereocenters. The molecule has 2 aromatic carbocycles. The Morgan fingerprint density at radius 1 is 1.06 bits per heavy atom. The van der Waals surface area contributed by atoms with E-state index in [1.807, 2.05) is 44.2 Å². The minimum Gasteiger partial charge on any atom is -0.507 e. The third kappa shape index (κ3) is 4.23. The fraction of sp³-hybridized carbons (Fsp3) is 0.385. The van der Waals surface area contributed by atoms with Crippen LogP contribution in [0.15, 0.2) is 58.1 Å². The van der Waals surface area contributed by atoms with Gasteiger partial charge in [0, 0.05) is 13.0 Å². The largest absolute Gasteiger partial charge is 0.507 e. The number of hydrogen-bond donors (Lipinski definition) is 3. The van der Waals surface area contributed by atoms with Gasteiger partial charge in [0.05, 0.1) is 0 Å². The first-order valence-electron chi connectivity index (χ1n) is 12.1. The number of tetrazole rings is 1. The fourth-order valence-electron chi connectivity index (χ4n) is 5.23. The predicted molar refractivity (Wildman–Crippen MR) is 132 cm³/mol. The van der Waals surface area contributed by atoms with Crippen LogP contribution >= 0.6 is 0 Å². The second-order valence-corrected chi connectivity index (χ2v) is 9.64. The zero-order valence-corrected chi connectivity index (χ0v) is 20.5.